The normalized spacial score (nSPS) is 11.4. The van der Waals surface area contributed by atoms with Crippen molar-refractivity contribution in [3.63, 3.8) is 0 Å². The van der Waals surface area contributed by atoms with Crippen molar-refractivity contribution >= 4 is 43.0 Å². The molecule has 0 unspecified atom stereocenters. The van der Waals surface area contributed by atoms with Crippen LogP contribution < -0.4 is 14.3 Å². The van der Waals surface area contributed by atoms with Crippen molar-refractivity contribution in [3.05, 3.63) is 109 Å². The first-order valence-electron chi connectivity index (χ1n) is 10.7. The number of carbonyl (C=O) groups excluding carboxylic acids is 1. The van der Waals surface area contributed by atoms with Gasteiger partial charge < -0.3 is 5.32 Å². The SMILES string of the molecule is O=C(CN(c1cccnc1)S(=O)(=O)c1ccccc1)Nc1ccc(S(=O)(=O)Nc2ccccc2)cc1. The molecule has 1 aromatic heterocycles. The van der Waals surface area contributed by atoms with Gasteiger partial charge in [0.2, 0.25) is 5.91 Å². The molecule has 4 aromatic rings. The summed E-state index contributed by atoms with van der Waals surface area (Å²) < 4.78 is 55.2. The Hall–Kier alpha value is -4.22. The van der Waals surface area contributed by atoms with E-state index in [-0.39, 0.29) is 15.5 Å². The molecule has 0 radical (unpaired) electrons. The standard InChI is InChI=1S/C25H22N4O5S2/c30-25(19-29(22-10-7-17-26-18-22)36(33,34)24-11-5-2-6-12-24)27-20-13-15-23(16-14-20)35(31,32)28-21-8-3-1-4-9-21/h1-18,28H,19H2,(H,27,30). The summed E-state index contributed by atoms with van der Waals surface area (Å²) in [4.78, 5) is 16.8. The molecule has 36 heavy (non-hydrogen) atoms. The van der Waals surface area contributed by atoms with Gasteiger partial charge in [0.15, 0.2) is 0 Å². The van der Waals surface area contributed by atoms with Gasteiger partial charge in [-0.05, 0) is 60.7 Å². The molecule has 0 aliphatic rings. The van der Waals surface area contributed by atoms with E-state index in [0.29, 0.717) is 11.4 Å². The van der Waals surface area contributed by atoms with Crippen LogP contribution in [0, 0.1) is 0 Å². The maximum atomic E-state index is 13.3. The summed E-state index contributed by atoms with van der Waals surface area (Å²) in [5.41, 5.74) is 0.955. The van der Waals surface area contributed by atoms with Crippen molar-refractivity contribution in [2.24, 2.45) is 0 Å². The third-order valence-corrected chi connectivity index (χ3v) is 8.21. The minimum Gasteiger partial charge on any atom is -0.325 e. The van der Waals surface area contributed by atoms with Gasteiger partial charge in [-0.1, -0.05) is 36.4 Å². The second-order valence-corrected chi connectivity index (χ2v) is 11.1. The first-order chi connectivity index (χ1) is 17.3. The van der Waals surface area contributed by atoms with E-state index in [4.69, 9.17) is 0 Å². The van der Waals surface area contributed by atoms with Crippen LogP contribution >= 0.6 is 0 Å². The third kappa shape index (κ3) is 5.88. The van der Waals surface area contributed by atoms with Crippen LogP contribution in [0.25, 0.3) is 0 Å². The van der Waals surface area contributed by atoms with Gasteiger partial charge in [-0.2, -0.15) is 0 Å². The van der Waals surface area contributed by atoms with Gasteiger partial charge >= 0.3 is 0 Å². The highest BCUT2D eigenvalue weighted by atomic mass is 32.2. The molecule has 0 saturated heterocycles. The van der Waals surface area contributed by atoms with Crippen molar-refractivity contribution in [2.75, 3.05) is 20.9 Å². The fraction of sp³-hybridized carbons (Fsp3) is 0.0400. The summed E-state index contributed by atoms with van der Waals surface area (Å²) >= 11 is 0. The van der Waals surface area contributed by atoms with Crippen LogP contribution in [0.3, 0.4) is 0 Å². The molecule has 0 spiro atoms. The van der Waals surface area contributed by atoms with Gasteiger partial charge in [0.1, 0.15) is 6.54 Å². The molecule has 2 N–H and O–H groups in total. The number of benzene rings is 3. The minimum absolute atomic E-state index is 0.00740. The number of rotatable bonds is 9. The third-order valence-electron chi connectivity index (χ3n) is 5.03. The maximum absolute atomic E-state index is 13.3. The minimum atomic E-state index is -4.05. The van der Waals surface area contributed by atoms with Crippen LogP contribution in [0.2, 0.25) is 0 Å². The summed E-state index contributed by atoms with van der Waals surface area (Å²) in [5.74, 6) is -0.614. The van der Waals surface area contributed by atoms with Crippen molar-refractivity contribution in [3.8, 4) is 0 Å². The number of anilines is 3. The molecule has 11 heteroatoms. The van der Waals surface area contributed by atoms with Crippen molar-refractivity contribution in [2.45, 2.75) is 9.79 Å². The average Bonchev–Trinajstić information content (AvgIpc) is 2.89. The highest BCUT2D eigenvalue weighted by Gasteiger charge is 2.27. The van der Waals surface area contributed by atoms with E-state index in [1.54, 1.807) is 60.7 Å². The summed E-state index contributed by atoms with van der Waals surface area (Å²) in [5, 5.41) is 2.61. The zero-order chi connectivity index (χ0) is 25.6. The molecular formula is C25H22N4O5S2. The molecule has 0 fully saturated rings. The fourth-order valence-electron chi connectivity index (χ4n) is 3.30. The molecule has 0 aliphatic heterocycles. The quantitative estimate of drug-likeness (QED) is 0.345. The van der Waals surface area contributed by atoms with Crippen molar-refractivity contribution < 1.29 is 21.6 Å². The molecule has 1 heterocycles. The predicted molar refractivity (Wildman–Crippen MR) is 138 cm³/mol. The number of sulfonamides is 2. The largest absolute Gasteiger partial charge is 0.325 e. The zero-order valence-electron chi connectivity index (χ0n) is 18.9. The van der Waals surface area contributed by atoms with E-state index in [1.165, 1.54) is 48.8 Å². The number of aromatic nitrogens is 1. The smallest absolute Gasteiger partial charge is 0.264 e. The van der Waals surface area contributed by atoms with Gasteiger partial charge in [0.05, 0.1) is 21.7 Å². The van der Waals surface area contributed by atoms with Gasteiger partial charge in [0, 0.05) is 17.6 Å². The Morgan fingerprint density at radius 1 is 0.722 bits per heavy atom. The van der Waals surface area contributed by atoms with Crippen LogP contribution in [0.5, 0.6) is 0 Å². The summed E-state index contributed by atoms with van der Waals surface area (Å²) in [6, 6.07) is 24.9. The number of para-hydroxylation sites is 1. The highest BCUT2D eigenvalue weighted by molar-refractivity contribution is 7.93. The molecule has 1 amide bonds. The number of carbonyl (C=O) groups is 1. The van der Waals surface area contributed by atoms with E-state index in [1.807, 2.05) is 0 Å². The Morgan fingerprint density at radius 2 is 1.36 bits per heavy atom. The van der Waals surface area contributed by atoms with Gasteiger partial charge in [-0.25, -0.2) is 16.8 Å². The second-order valence-electron chi connectivity index (χ2n) is 7.58. The van der Waals surface area contributed by atoms with Crippen molar-refractivity contribution in [1.82, 2.24) is 4.98 Å². The molecular weight excluding hydrogens is 500 g/mol. The van der Waals surface area contributed by atoms with E-state index in [0.717, 1.165) is 4.31 Å². The number of amides is 1. The van der Waals surface area contributed by atoms with Crippen LogP contribution in [-0.4, -0.2) is 34.3 Å². The van der Waals surface area contributed by atoms with E-state index in [9.17, 15) is 21.6 Å². The highest BCUT2D eigenvalue weighted by Crippen LogP contribution is 2.23. The average molecular weight is 523 g/mol. The number of pyridine rings is 1. The fourth-order valence-corrected chi connectivity index (χ4v) is 5.79. The topological polar surface area (TPSA) is 126 Å². The van der Waals surface area contributed by atoms with Gasteiger partial charge in [-0.15, -0.1) is 0 Å². The molecule has 9 nitrogen and oxygen atoms in total. The summed E-state index contributed by atoms with van der Waals surface area (Å²) in [7, 11) is -7.87. The van der Waals surface area contributed by atoms with Gasteiger partial charge in [-0.3, -0.25) is 18.8 Å². The maximum Gasteiger partial charge on any atom is 0.264 e. The molecule has 0 aliphatic carbocycles. The zero-order valence-corrected chi connectivity index (χ0v) is 20.5. The Bertz CT molecular complexity index is 1530. The van der Waals surface area contributed by atoms with E-state index < -0.39 is 32.5 Å². The lowest BCUT2D eigenvalue weighted by Gasteiger charge is -2.23. The Labute approximate surface area is 209 Å². The van der Waals surface area contributed by atoms with Crippen molar-refractivity contribution in [1.29, 1.82) is 0 Å². The summed E-state index contributed by atoms with van der Waals surface area (Å²) in [6.45, 7) is -0.515. The predicted octanol–water partition coefficient (Wildman–Crippen LogP) is 3.72. The lowest BCUT2D eigenvalue weighted by atomic mass is 10.3. The molecule has 0 saturated carbocycles. The number of hydrogen-bond donors (Lipinski definition) is 2. The van der Waals surface area contributed by atoms with E-state index in [2.05, 4.69) is 15.0 Å². The molecule has 0 bridgehead atoms. The number of nitrogens with one attached hydrogen (secondary N) is 2. The van der Waals surface area contributed by atoms with E-state index >= 15 is 0 Å². The first-order valence-corrected chi connectivity index (χ1v) is 13.6. The summed E-state index contributed by atoms with van der Waals surface area (Å²) in [6.07, 6.45) is 2.85. The Morgan fingerprint density at radius 3 is 1.97 bits per heavy atom. The molecule has 0 atom stereocenters. The lowest BCUT2D eigenvalue weighted by Crippen LogP contribution is -2.38. The van der Waals surface area contributed by atoms with Crippen LogP contribution in [0.15, 0.2) is 119 Å². The second kappa shape index (κ2) is 10.6. The monoisotopic (exact) mass is 522 g/mol. The number of nitrogens with zero attached hydrogens (tertiary/aromatic N) is 2. The van der Waals surface area contributed by atoms with Crippen LogP contribution in [-0.2, 0) is 24.8 Å². The Kier molecular flexibility index (Phi) is 7.32. The molecule has 184 valence electrons. The van der Waals surface area contributed by atoms with Crippen LogP contribution in [0.4, 0.5) is 17.1 Å². The molecule has 3 aromatic carbocycles. The van der Waals surface area contributed by atoms with Crippen LogP contribution in [0.1, 0.15) is 0 Å². The Balaban J connectivity index is 1.51. The lowest BCUT2D eigenvalue weighted by molar-refractivity contribution is -0.114. The number of hydrogen-bond acceptors (Lipinski definition) is 6. The van der Waals surface area contributed by atoms with Gasteiger partial charge in [0.25, 0.3) is 20.0 Å². The first kappa shape index (κ1) is 24.9. The molecule has 4 rings (SSSR count).